The lowest BCUT2D eigenvalue weighted by Gasteiger charge is -2.33. The van der Waals surface area contributed by atoms with Crippen molar-refractivity contribution in [2.45, 2.75) is 46.6 Å². The van der Waals surface area contributed by atoms with Gasteiger partial charge in [-0.2, -0.15) is 5.26 Å². The number of carbonyl (C=O) groups excluding carboxylic acids is 1. The second-order valence-electron chi connectivity index (χ2n) is 11.5. The van der Waals surface area contributed by atoms with Crippen molar-refractivity contribution < 1.29 is 9.53 Å². The molecule has 42 heavy (non-hydrogen) atoms. The Hall–Kier alpha value is -3.44. The molecule has 0 bridgehead atoms. The average molecular weight is 661 g/mol. The smallest absolute Gasteiger partial charge is 0.259 e. The topological polar surface area (TPSA) is 74.5 Å². The molecule has 8 heteroatoms. The van der Waals surface area contributed by atoms with Crippen molar-refractivity contribution in [3.63, 3.8) is 0 Å². The number of nitriles is 1. The molecule has 1 aliphatic carbocycles. The molecule has 214 valence electrons. The lowest BCUT2D eigenvalue weighted by atomic mass is 9.72. The maximum atomic E-state index is 13.6. The van der Waals surface area contributed by atoms with Crippen LogP contribution in [0.5, 0.6) is 5.75 Å². The number of aliphatic imine (C=N–C) groups is 1. The van der Waals surface area contributed by atoms with E-state index in [1.165, 1.54) is 4.88 Å². The Balaban J connectivity index is 1.39. The highest BCUT2D eigenvalue weighted by molar-refractivity contribution is 9.10. The number of fused-ring (bicyclic) bond motifs is 1. The normalized spacial score (nSPS) is 14.8. The number of rotatable bonds is 7. The first-order valence-electron chi connectivity index (χ1n) is 13.8. The molecule has 1 heterocycles. The highest BCUT2D eigenvalue weighted by Crippen LogP contribution is 2.45. The number of nitrogens with one attached hydrogen (secondary N) is 1. The van der Waals surface area contributed by atoms with Gasteiger partial charge in [-0.05, 0) is 106 Å². The van der Waals surface area contributed by atoms with Crippen LogP contribution in [0.4, 0.5) is 10.7 Å². The first-order chi connectivity index (χ1) is 20.1. The van der Waals surface area contributed by atoms with E-state index in [2.05, 4.69) is 48.1 Å². The minimum atomic E-state index is -0.154. The number of anilines is 1. The molecule has 0 unspecified atom stereocenters. The maximum absolute atomic E-state index is 13.6. The van der Waals surface area contributed by atoms with Crippen LogP contribution in [0.1, 0.15) is 64.7 Å². The van der Waals surface area contributed by atoms with Gasteiger partial charge in [0, 0.05) is 27.4 Å². The molecule has 5 nitrogen and oxygen atoms in total. The maximum Gasteiger partial charge on any atom is 0.259 e. The van der Waals surface area contributed by atoms with E-state index in [4.69, 9.17) is 21.3 Å². The van der Waals surface area contributed by atoms with Crippen molar-refractivity contribution in [1.29, 1.82) is 5.26 Å². The zero-order chi connectivity index (χ0) is 29.9. The van der Waals surface area contributed by atoms with Crippen molar-refractivity contribution in [2.24, 2.45) is 16.3 Å². The summed E-state index contributed by atoms with van der Waals surface area (Å²) < 4.78 is 6.77. The van der Waals surface area contributed by atoms with Crippen LogP contribution in [-0.2, 0) is 19.4 Å². The first-order valence-corrected chi connectivity index (χ1v) is 15.8. The molecule has 0 saturated heterocycles. The number of hydrogen-bond donors (Lipinski definition) is 1. The minimum Gasteiger partial charge on any atom is -0.488 e. The van der Waals surface area contributed by atoms with Gasteiger partial charge < -0.3 is 10.1 Å². The zero-order valence-corrected chi connectivity index (χ0v) is 26.9. The van der Waals surface area contributed by atoms with E-state index < -0.39 is 0 Å². The van der Waals surface area contributed by atoms with E-state index in [9.17, 15) is 10.1 Å². The average Bonchev–Trinajstić information content (AvgIpc) is 3.34. The summed E-state index contributed by atoms with van der Waals surface area (Å²) >= 11 is 11.3. The largest absolute Gasteiger partial charge is 0.488 e. The van der Waals surface area contributed by atoms with E-state index >= 15 is 0 Å². The monoisotopic (exact) mass is 659 g/mol. The number of carbonyl (C=O) groups is 1. The standard InChI is InChI=1S/C34H31BrClN3O2S/c1-34(2,3)24-9-14-27-30(17-24)42-33(31(27)32(40)39-26-12-10-25(36)11-13-26)38-19-21-8-15-29(28(35)16-21)41-20-23-7-5-4-6-22(23)18-37/h4-8,10-13,15-16,19,24H,9,14,17,20H2,1-3H3,(H,39,40)/t24-/m0/s1. The number of hydrogen-bond acceptors (Lipinski definition) is 5. The second-order valence-corrected chi connectivity index (χ2v) is 13.8. The summed E-state index contributed by atoms with van der Waals surface area (Å²) in [6.07, 6.45) is 4.65. The Kier molecular flexibility index (Phi) is 9.17. The zero-order valence-electron chi connectivity index (χ0n) is 23.7. The number of benzene rings is 3. The molecule has 5 rings (SSSR count). The first kappa shape index (κ1) is 30.0. The molecule has 1 N–H and O–H groups in total. The molecule has 0 aliphatic heterocycles. The van der Waals surface area contributed by atoms with Gasteiger partial charge >= 0.3 is 0 Å². The third-order valence-corrected chi connectivity index (χ3v) is 9.64. The van der Waals surface area contributed by atoms with E-state index in [-0.39, 0.29) is 17.9 Å². The van der Waals surface area contributed by atoms with E-state index in [0.29, 0.717) is 38.5 Å². The molecular formula is C34H31BrClN3O2S. The third kappa shape index (κ3) is 6.95. The summed E-state index contributed by atoms with van der Waals surface area (Å²) in [5.74, 6) is 1.07. The minimum absolute atomic E-state index is 0.154. The molecular weight excluding hydrogens is 630 g/mol. The van der Waals surface area contributed by atoms with E-state index in [1.54, 1.807) is 47.9 Å². The lowest BCUT2D eigenvalue weighted by Crippen LogP contribution is -2.27. The Bertz CT molecular complexity index is 1680. The van der Waals surface area contributed by atoms with E-state index in [0.717, 1.165) is 40.4 Å². The van der Waals surface area contributed by atoms with Gasteiger partial charge in [0.2, 0.25) is 0 Å². The molecule has 1 aliphatic rings. The number of nitrogens with zero attached hydrogens (tertiary/aromatic N) is 2. The molecule has 0 spiro atoms. The number of thiophene rings is 1. The van der Waals surface area contributed by atoms with Crippen molar-refractivity contribution in [3.05, 3.63) is 109 Å². The summed E-state index contributed by atoms with van der Waals surface area (Å²) in [4.78, 5) is 19.7. The summed E-state index contributed by atoms with van der Waals surface area (Å²) in [7, 11) is 0. The molecule has 3 aromatic carbocycles. The molecule has 0 fully saturated rings. The summed E-state index contributed by atoms with van der Waals surface area (Å²) in [6.45, 7) is 7.16. The summed E-state index contributed by atoms with van der Waals surface area (Å²) in [5.41, 5.74) is 4.96. The highest BCUT2D eigenvalue weighted by atomic mass is 79.9. The van der Waals surface area contributed by atoms with Gasteiger partial charge in [-0.3, -0.25) is 4.79 Å². The fourth-order valence-electron chi connectivity index (χ4n) is 5.12. The van der Waals surface area contributed by atoms with Crippen molar-refractivity contribution in [1.82, 2.24) is 0 Å². The van der Waals surface area contributed by atoms with Crippen molar-refractivity contribution in [2.75, 3.05) is 5.32 Å². The van der Waals surface area contributed by atoms with Gasteiger partial charge in [0.1, 0.15) is 17.4 Å². The predicted octanol–water partition coefficient (Wildman–Crippen LogP) is 9.77. The van der Waals surface area contributed by atoms with E-state index in [1.807, 2.05) is 36.4 Å². The Labute approximate surface area is 264 Å². The number of halogens is 2. The van der Waals surface area contributed by atoms with Gasteiger partial charge in [0.05, 0.1) is 21.7 Å². The van der Waals surface area contributed by atoms with Crippen LogP contribution < -0.4 is 10.1 Å². The third-order valence-electron chi connectivity index (χ3n) is 7.61. The Morgan fingerprint density at radius 3 is 2.67 bits per heavy atom. The number of ether oxygens (including phenoxy) is 1. The molecule has 0 radical (unpaired) electrons. The summed E-state index contributed by atoms with van der Waals surface area (Å²) in [6, 6.07) is 22.5. The lowest BCUT2D eigenvalue weighted by molar-refractivity contribution is 0.102. The second kappa shape index (κ2) is 12.8. The number of amides is 1. The Morgan fingerprint density at radius 2 is 1.95 bits per heavy atom. The molecule has 1 amide bonds. The molecule has 0 saturated carbocycles. The van der Waals surface area contributed by atoms with Crippen LogP contribution in [0.25, 0.3) is 0 Å². The molecule has 1 atom stereocenters. The molecule has 1 aromatic heterocycles. The van der Waals surface area contributed by atoms with Crippen molar-refractivity contribution >= 4 is 61.7 Å². The van der Waals surface area contributed by atoms with Crippen LogP contribution in [0.2, 0.25) is 5.02 Å². The van der Waals surface area contributed by atoms with Crippen LogP contribution in [0, 0.1) is 22.7 Å². The van der Waals surface area contributed by atoms with Crippen LogP contribution in [0.15, 0.2) is 76.2 Å². The van der Waals surface area contributed by atoms with Crippen LogP contribution in [0.3, 0.4) is 0 Å². The fourth-order valence-corrected chi connectivity index (χ4v) is 7.03. The van der Waals surface area contributed by atoms with Gasteiger partial charge in [0.25, 0.3) is 5.91 Å². The highest BCUT2D eigenvalue weighted by Gasteiger charge is 2.33. The fraction of sp³-hybridized carbons (Fsp3) is 0.265. The predicted molar refractivity (Wildman–Crippen MR) is 176 cm³/mol. The van der Waals surface area contributed by atoms with Gasteiger partial charge in [-0.25, -0.2) is 4.99 Å². The van der Waals surface area contributed by atoms with Crippen LogP contribution >= 0.6 is 38.9 Å². The SMILES string of the molecule is CC(C)(C)[C@H]1CCc2c(sc(N=Cc3ccc(OCc4ccccc4C#N)c(Br)c3)c2C(=O)Nc2ccc(Cl)cc2)C1. The van der Waals surface area contributed by atoms with Crippen LogP contribution in [-0.4, -0.2) is 12.1 Å². The van der Waals surface area contributed by atoms with Gasteiger partial charge in [0.15, 0.2) is 0 Å². The molecule has 4 aromatic rings. The van der Waals surface area contributed by atoms with Gasteiger partial charge in [-0.15, -0.1) is 11.3 Å². The van der Waals surface area contributed by atoms with Gasteiger partial charge in [-0.1, -0.05) is 50.6 Å². The Morgan fingerprint density at radius 1 is 1.19 bits per heavy atom. The van der Waals surface area contributed by atoms with Crippen molar-refractivity contribution in [3.8, 4) is 11.8 Å². The quantitative estimate of drug-likeness (QED) is 0.201. The summed E-state index contributed by atoms with van der Waals surface area (Å²) in [5, 5.41) is 13.7.